The van der Waals surface area contributed by atoms with Crippen LogP contribution in [0.4, 0.5) is 14.9 Å². The second-order valence-electron chi connectivity index (χ2n) is 6.68. The number of nitrogens with zero attached hydrogens (tertiary/aromatic N) is 2. The zero-order chi connectivity index (χ0) is 17.6. The highest BCUT2D eigenvalue weighted by atomic mass is 19.1. The Morgan fingerprint density at radius 1 is 1.28 bits per heavy atom. The number of carbonyl (C=O) groups excluding carboxylic acids is 3. The van der Waals surface area contributed by atoms with E-state index in [-0.39, 0.29) is 36.5 Å². The third-order valence-electron chi connectivity index (χ3n) is 5.18. The van der Waals surface area contributed by atoms with Gasteiger partial charge in [-0.25, -0.2) is 9.18 Å². The molecule has 2 saturated heterocycles. The number of carbonyl (C=O) groups is 3. The van der Waals surface area contributed by atoms with Gasteiger partial charge in [0, 0.05) is 37.3 Å². The number of hydrogen-bond donors (Lipinski definition) is 2. The molecule has 1 aromatic rings. The van der Waals surface area contributed by atoms with Gasteiger partial charge in [0.05, 0.1) is 6.04 Å². The minimum absolute atomic E-state index is 0.0370. The fourth-order valence-corrected chi connectivity index (χ4v) is 3.92. The molecule has 0 aromatic heterocycles. The molecule has 4 amide bonds. The van der Waals surface area contributed by atoms with Gasteiger partial charge < -0.3 is 15.1 Å². The van der Waals surface area contributed by atoms with Gasteiger partial charge in [0.2, 0.25) is 5.91 Å². The number of hydrogen-bond acceptors (Lipinski definition) is 4. The Balaban J connectivity index is 1.35. The average molecular weight is 346 g/mol. The number of fused-ring (bicyclic) bond motifs is 3. The van der Waals surface area contributed by atoms with Crippen molar-refractivity contribution in [3.8, 4) is 0 Å². The van der Waals surface area contributed by atoms with E-state index in [9.17, 15) is 18.8 Å². The molecule has 0 bridgehead atoms. The molecule has 2 atom stereocenters. The standard InChI is InChI=1S/C17H19FN4O3/c18-12-2-1-3-14-11(12)8-10-9-21(6-7-22(10)14)15(23)5-4-13-16(24)20-17(25)19-13/h1-3,10,13H,4-9H2,(H2,19,20,24,25). The van der Waals surface area contributed by atoms with Gasteiger partial charge in [-0.05, 0) is 25.0 Å². The summed E-state index contributed by atoms with van der Waals surface area (Å²) >= 11 is 0. The molecule has 0 radical (unpaired) electrons. The molecule has 25 heavy (non-hydrogen) atoms. The van der Waals surface area contributed by atoms with E-state index in [1.165, 1.54) is 6.07 Å². The quantitative estimate of drug-likeness (QED) is 0.776. The van der Waals surface area contributed by atoms with Gasteiger partial charge in [-0.15, -0.1) is 0 Å². The number of piperazine rings is 1. The summed E-state index contributed by atoms with van der Waals surface area (Å²) in [5, 5.41) is 4.66. The Kier molecular flexibility index (Phi) is 3.82. The van der Waals surface area contributed by atoms with Crippen LogP contribution in [0.3, 0.4) is 0 Å². The highest BCUT2D eigenvalue weighted by molar-refractivity contribution is 6.04. The molecule has 3 aliphatic rings. The van der Waals surface area contributed by atoms with Crippen molar-refractivity contribution in [3.05, 3.63) is 29.6 Å². The zero-order valence-corrected chi connectivity index (χ0v) is 13.6. The molecule has 2 unspecified atom stereocenters. The van der Waals surface area contributed by atoms with Crippen molar-refractivity contribution >= 4 is 23.5 Å². The van der Waals surface area contributed by atoms with Gasteiger partial charge >= 0.3 is 6.03 Å². The smallest absolute Gasteiger partial charge is 0.322 e. The van der Waals surface area contributed by atoms with Crippen LogP contribution in [0.15, 0.2) is 18.2 Å². The predicted octanol–water partition coefficient (Wildman–Crippen LogP) is 0.387. The van der Waals surface area contributed by atoms with Crippen LogP contribution < -0.4 is 15.5 Å². The monoisotopic (exact) mass is 346 g/mol. The Morgan fingerprint density at radius 2 is 2.12 bits per heavy atom. The molecule has 3 aliphatic heterocycles. The maximum Gasteiger partial charge on any atom is 0.322 e. The van der Waals surface area contributed by atoms with Crippen molar-refractivity contribution in [2.75, 3.05) is 24.5 Å². The first-order valence-corrected chi connectivity index (χ1v) is 8.46. The number of nitrogens with one attached hydrogen (secondary N) is 2. The largest absolute Gasteiger partial charge is 0.364 e. The number of halogens is 1. The molecule has 8 heteroatoms. The summed E-state index contributed by atoms with van der Waals surface area (Å²) in [5.41, 5.74) is 1.66. The molecular weight excluding hydrogens is 327 g/mol. The van der Waals surface area contributed by atoms with Gasteiger partial charge in [0.25, 0.3) is 5.91 Å². The number of rotatable bonds is 3. The fraction of sp³-hybridized carbons (Fsp3) is 0.471. The minimum Gasteiger partial charge on any atom is -0.364 e. The maximum absolute atomic E-state index is 14.0. The Labute approximate surface area is 144 Å². The molecular formula is C17H19FN4O3. The summed E-state index contributed by atoms with van der Waals surface area (Å²) in [6.07, 6.45) is 1.09. The van der Waals surface area contributed by atoms with Crippen LogP contribution in [0.2, 0.25) is 0 Å². The predicted molar refractivity (Wildman–Crippen MR) is 87.5 cm³/mol. The van der Waals surface area contributed by atoms with Gasteiger partial charge in [0.15, 0.2) is 0 Å². The van der Waals surface area contributed by atoms with Crippen molar-refractivity contribution < 1.29 is 18.8 Å². The summed E-state index contributed by atoms with van der Waals surface area (Å²) in [6.45, 7) is 1.80. The second-order valence-corrected chi connectivity index (χ2v) is 6.68. The van der Waals surface area contributed by atoms with Gasteiger partial charge in [-0.3, -0.25) is 14.9 Å². The van der Waals surface area contributed by atoms with Gasteiger partial charge in [-0.2, -0.15) is 0 Å². The normalized spacial score (nSPS) is 24.7. The van der Waals surface area contributed by atoms with E-state index in [1.54, 1.807) is 11.0 Å². The van der Waals surface area contributed by atoms with Gasteiger partial charge in [-0.1, -0.05) is 6.07 Å². The minimum atomic E-state index is -0.637. The van der Waals surface area contributed by atoms with Crippen molar-refractivity contribution in [1.29, 1.82) is 0 Å². The fourth-order valence-electron chi connectivity index (χ4n) is 3.92. The first-order valence-electron chi connectivity index (χ1n) is 8.46. The van der Waals surface area contributed by atoms with E-state index >= 15 is 0 Å². The lowest BCUT2D eigenvalue weighted by atomic mass is 10.1. The molecule has 0 spiro atoms. The molecule has 4 rings (SSSR count). The second kappa shape index (κ2) is 6.02. The number of imide groups is 1. The molecule has 0 saturated carbocycles. The van der Waals surface area contributed by atoms with E-state index in [4.69, 9.17) is 0 Å². The van der Waals surface area contributed by atoms with E-state index in [0.29, 0.717) is 26.1 Å². The summed E-state index contributed by atoms with van der Waals surface area (Å²) in [7, 11) is 0. The third-order valence-corrected chi connectivity index (χ3v) is 5.18. The number of benzene rings is 1. The molecule has 1 aromatic carbocycles. The maximum atomic E-state index is 14.0. The van der Waals surface area contributed by atoms with E-state index in [2.05, 4.69) is 15.5 Å². The average Bonchev–Trinajstić information content (AvgIpc) is 3.12. The van der Waals surface area contributed by atoms with Crippen LogP contribution in [-0.4, -0.2) is 54.5 Å². The Morgan fingerprint density at radius 3 is 2.88 bits per heavy atom. The van der Waals surface area contributed by atoms with E-state index in [1.807, 2.05) is 6.07 Å². The highest BCUT2D eigenvalue weighted by Gasteiger charge is 2.37. The van der Waals surface area contributed by atoms with Crippen LogP contribution in [0.5, 0.6) is 0 Å². The van der Waals surface area contributed by atoms with Crippen molar-refractivity contribution in [1.82, 2.24) is 15.5 Å². The van der Waals surface area contributed by atoms with Crippen molar-refractivity contribution in [2.45, 2.75) is 31.3 Å². The molecule has 3 heterocycles. The lowest BCUT2D eigenvalue weighted by molar-refractivity contribution is -0.132. The SMILES string of the molecule is O=C1NC(=O)C(CCC(=O)N2CCN3c4cccc(F)c4CC3C2)N1. The molecule has 0 aliphatic carbocycles. The van der Waals surface area contributed by atoms with E-state index < -0.39 is 12.1 Å². The summed E-state index contributed by atoms with van der Waals surface area (Å²) in [5.74, 6) is -0.609. The molecule has 7 nitrogen and oxygen atoms in total. The first-order chi connectivity index (χ1) is 12.0. The Bertz CT molecular complexity index is 753. The van der Waals surface area contributed by atoms with Crippen LogP contribution >= 0.6 is 0 Å². The van der Waals surface area contributed by atoms with Crippen molar-refractivity contribution in [2.24, 2.45) is 0 Å². The molecule has 2 N–H and O–H groups in total. The van der Waals surface area contributed by atoms with Crippen molar-refractivity contribution in [3.63, 3.8) is 0 Å². The summed E-state index contributed by atoms with van der Waals surface area (Å²) in [6, 6.07) is 4.07. The van der Waals surface area contributed by atoms with E-state index in [0.717, 1.165) is 11.3 Å². The number of amides is 4. The summed E-state index contributed by atoms with van der Waals surface area (Å²) < 4.78 is 14.0. The third kappa shape index (κ3) is 2.81. The highest BCUT2D eigenvalue weighted by Crippen LogP contribution is 2.35. The van der Waals surface area contributed by atoms with Crippen LogP contribution in [0.1, 0.15) is 18.4 Å². The van der Waals surface area contributed by atoms with Crippen LogP contribution in [-0.2, 0) is 16.0 Å². The molecule has 2 fully saturated rings. The van der Waals surface area contributed by atoms with Crippen LogP contribution in [0, 0.1) is 5.82 Å². The lowest BCUT2D eigenvalue weighted by Crippen LogP contribution is -2.53. The first kappa shape index (κ1) is 15.9. The summed E-state index contributed by atoms with van der Waals surface area (Å²) in [4.78, 5) is 39.0. The number of urea groups is 1. The number of anilines is 1. The lowest BCUT2D eigenvalue weighted by Gasteiger charge is -2.39. The topological polar surface area (TPSA) is 81.8 Å². The molecule has 132 valence electrons. The Hall–Kier alpha value is -2.64. The van der Waals surface area contributed by atoms with Crippen LogP contribution in [0.25, 0.3) is 0 Å². The van der Waals surface area contributed by atoms with Gasteiger partial charge in [0.1, 0.15) is 11.9 Å². The zero-order valence-electron chi connectivity index (χ0n) is 13.6.